The highest BCUT2D eigenvalue weighted by Crippen LogP contribution is 2.45. The Morgan fingerprint density at radius 3 is 2.54 bits per heavy atom. The Kier molecular flexibility index (Phi) is 9.03. The van der Waals surface area contributed by atoms with Gasteiger partial charge in [0, 0.05) is 30.1 Å². The number of benzene rings is 1. The Morgan fingerprint density at radius 2 is 1.90 bits per heavy atom. The summed E-state index contributed by atoms with van der Waals surface area (Å²) in [5.74, 6) is -0.866. The molecule has 0 unspecified atom stereocenters. The zero-order chi connectivity index (χ0) is 34.2. The van der Waals surface area contributed by atoms with Crippen LogP contribution < -0.4 is 24.8 Å². The van der Waals surface area contributed by atoms with Crippen LogP contribution in [0.1, 0.15) is 39.5 Å². The summed E-state index contributed by atoms with van der Waals surface area (Å²) in [5.41, 5.74) is -1.49. The summed E-state index contributed by atoms with van der Waals surface area (Å²) in [7, 11) is -2.27. The quantitative estimate of drug-likeness (QED) is 0.229. The van der Waals surface area contributed by atoms with Crippen molar-refractivity contribution in [2.75, 3.05) is 19.0 Å². The van der Waals surface area contributed by atoms with E-state index >= 15 is 0 Å². The van der Waals surface area contributed by atoms with E-state index in [9.17, 15) is 22.8 Å². The molecule has 5 atom stereocenters. The first-order chi connectivity index (χ1) is 23.0. The maximum absolute atomic E-state index is 14.3. The standard InChI is InChI=1S/C34H40N6O7S/c1-5-22-18-34(22,33(43)39-48(44,45)25-10-11-25)38-30(41)27-17-24(47-31-26-12-9-23(46-4)16-21(26)13-15-36-31)19-40(27)32(42)29(20(2)3)37-28-8-6-7-14-35-28/h5-9,12-16,20,22,24-25,27,29H,1,10-11,17-19H2,2-4H3,(H,35,37)(H,38,41)(H,39,43)/t22-,24-,27+,29+,34-/m1/s1. The van der Waals surface area contributed by atoms with Gasteiger partial charge in [0.25, 0.3) is 5.91 Å². The molecule has 2 aromatic heterocycles. The van der Waals surface area contributed by atoms with Crippen molar-refractivity contribution < 1.29 is 32.3 Å². The molecule has 0 spiro atoms. The second kappa shape index (κ2) is 13.1. The Balaban J connectivity index is 1.28. The Hall–Kier alpha value is -4.72. The molecule has 0 radical (unpaired) electrons. The first-order valence-corrected chi connectivity index (χ1v) is 17.6. The summed E-state index contributed by atoms with van der Waals surface area (Å²) < 4.78 is 39.2. The van der Waals surface area contributed by atoms with Crippen LogP contribution in [0, 0.1) is 11.8 Å². The summed E-state index contributed by atoms with van der Waals surface area (Å²) in [6.07, 6.45) is 5.40. The van der Waals surface area contributed by atoms with E-state index in [1.165, 1.54) is 11.0 Å². The highest BCUT2D eigenvalue weighted by molar-refractivity contribution is 7.91. The SMILES string of the molecule is C=C[C@@H]1C[C@]1(NC(=O)[C@@H]1C[C@@H](Oc2nccc3cc(OC)ccc23)CN1C(=O)[C@@H](Nc1ccccn1)C(C)C)C(=O)NS(=O)(=O)C1CC1. The molecular formula is C34H40N6O7S. The van der Waals surface area contributed by atoms with Crippen LogP contribution >= 0.6 is 0 Å². The van der Waals surface area contributed by atoms with Crippen LogP contribution in [-0.2, 0) is 24.4 Å². The lowest BCUT2D eigenvalue weighted by Crippen LogP contribution is -2.58. The molecule has 14 heteroatoms. The predicted molar refractivity (Wildman–Crippen MR) is 179 cm³/mol. The van der Waals surface area contributed by atoms with Gasteiger partial charge in [-0.1, -0.05) is 26.0 Å². The third-order valence-corrected chi connectivity index (χ3v) is 11.0. The van der Waals surface area contributed by atoms with E-state index < -0.39 is 56.7 Å². The Bertz CT molecular complexity index is 1830. The molecular weight excluding hydrogens is 636 g/mol. The van der Waals surface area contributed by atoms with E-state index in [-0.39, 0.29) is 31.2 Å². The number of fused-ring (bicyclic) bond motifs is 1. The molecule has 13 nitrogen and oxygen atoms in total. The number of pyridine rings is 2. The maximum atomic E-state index is 14.3. The number of likely N-dealkylation sites (tertiary alicyclic amines) is 1. The molecule has 3 aromatic rings. The van der Waals surface area contributed by atoms with Gasteiger partial charge in [-0.3, -0.25) is 19.1 Å². The number of carbonyl (C=O) groups excluding carboxylic acids is 3. The van der Waals surface area contributed by atoms with Crippen LogP contribution in [0.3, 0.4) is 0 Å². The number of sulfonamides is 1. The molecule has 1 aliphatic heterocycles. The normalized spacial score (nSPS) is 24.1. The molecule has 0 bridgehead atoms. The third-order valence-electron chi connectivity index (χ3n) is 9.21. The third kappa shape index (κ3) is 6.66. The van der Waals surface area contributed by atoms with Gasteiger partial charge in [-0.2, -0.15) is 0 Å². The van der Waals surface area contributed by atoms with Crippen LogP contribution in [0.5, 0.6) is 11.6 Å². The van der Waals surface area contributed by atoms with Gasteiger partial charge in [0.05, 0.1) is 18.9 Å². The monoisotopic (exact) mass is 676 g/mol. The van der Waals surface area contributed by atoms with Gasteiger partial charge in [-0.15, -0.1) is 6.58 Å². The number of nitrogens with zero attached hydrogens (tertiary/aromatic N) is 3. The molecule has 2 saturated carbocycles. The highest BCUT2D eigenvalue weighted by Gasteiger charge is 2.62. The number of hydrogen-bond donors (Lipinski definition) is 3. The summed E-state index contributed by atoms with van der Waals surface area (Å²) in [4.78, 5) is 52.0. The Labute approximate surface area is 279 Å². The lowest BCUT2D eigenvalue weighted by atomic mass is 10.0. The van der Waals surface area contributed by atoms with Crippen LogP contribution in [0.4, 0.5) is 5.82 Å². The first-order valence-electron chi connectivity index (χ1n) is 16.0. The van der Waals surface area contributed by atoms with E-state index in [0.717, 1.165) is 10.8 Å². The van der Waals surface area contributed by atoms with Crippen LogP contribution in [0.25, 0.3) is 10.8 Å². The number of hydrogen-bond acceptors (Lipinski definition) is 10. The number of carbonyl (C=O) groups is 3. The van der Waals surface area contributed by atoms with Gasteiger partial charge in [0.15, 0.2) is 0 Å². The molecule has 1 saturated heterocycles. The van der Waals surface area contributed by atoms with Crippen LogP contribution in [0.2, 0.25) is 0 Å². The molecule has 2 aliphatic carbocycles. The topological polar surface area (TPSA) is 169 Å². The van der Waals surface area contributed by atoms with Gasteiger partial charge in [0.2, 0.25) is 27.7 Å². The number of ether oxygens (including phenoxy) is 2. The lowest BCUT2D eigenvalue weighted by Gasteiger charge is -2.31. The number of aromatic nitrogens is 2. The molecule has 1 aromatic carbocycles. The van der Waals surface area contributed by atoms with Crippen molar-refractivity contribution in [3.8, 4) is 11.6 Å². The minimum absolute atomic E-state index is 0.0679. The molecule has 254 valence electrons. The van der Waals surface area contributed by atoms with Crippen LogP contribution in [-0.4, -0.2) is 83.6 Å². The average molecular weight is 677 g/mol. The van der Waals surface area contributed by atoms with Gasteiger partial charge in [-0.25, -0.2) is 18.4 Å². The van der Waals surface area contributed by atoms with Crippen molar-refractivity contribution >= 4 is 44.3 Å². The van der Waals surface area contributed by atoms with Crippen molar-refractivity contribution in [1.29, 1.82) is 0 Å². The zero-order valence-electron chi connectivity index (χ0n) is 27.1. The van der Waals surface area contributed by atoms with Gasteiger partial charge < -0.3 is 25.0 Å². The van der Waals surface area contributed by atoms with Gasteiger partial charge >= 0.3 is 0 Å². The predicted octanol–water partition coefficient (Wildman–Crippen LogP) is 2.79. The second-order valence-electron chi connectivity index (χ2n) is 12.9. The summed E-state index contributed by atoms with van der Waals surface area (Å²) in [5, 5.41) is 7.00. The molecule has 3 N–H and O–H groups in total. The molecule has 3 heterocycles. The van der Waals surface area contributed by atoms with Crippen molar-refractivity contribution in [2.24, 2.45) is 11.8 Å². The number of nitrogens with one attached hydrogen (secondary N) is 3. The van der Waals surface area contributed by atoms with Gasteiger partial charge in [0.1, 0.15) is 35.3 Å². The highest BCUT2D eigenvalue weighted by atomic mass is 32.2. The summed E-state index contributed by atoms with van der Waals surface area (Å²) in [6.45, 7) is 7.63. The number of methoxy groups -OCH3 is 1. The fraction of sp³-hybridized carbons (Fsp3) is 0.441. The van der Waals surface area contributed by atoms with E-state index in [1.54, 1.807) is 43.8 Å². The van der Waals surface area contributed by atoms with Crippen LogP contribution in [0.15, 0.2) is 67.5 Å². The zero-order valence-corrected chi connectivity index (χ0v) is 27.9. The van der Waals surface area contributed by atoms with Crippen molar-refractivity contribution in [2.45, 2.75) is 68.5 Å². The number of amides is 3. The largest absolute Gasteiger partial charge is 0.497 e. The fourth-order valence-electron chi connectivity index (χ4n) is 6.20. The minimum atomic E-state index is -3.86. The molecule has 6 rings (SSSR count). The average Bonchev–Trinajstić information content (AvgIpc) is 4.00. The smallest absolute Gasteiger partial charge is 0.259 e. The lowest BCUT2D eigenvalue weighted by molar-refractivity contribution is -0.140. The van der Waals surface area contributed by atoms with Crippen molar-refractivity contribution in [1.82, 2.24) is 24.9 Å². The van der Waals surface area contributed by atoms with E-state index in [0.29, 0.717) is 30.3 Å². The molecule has 48 heavy (non-hydrogen) atoms. The van der Waals surface area contributed by atoms with E-state index in [1.807, 2.05) is 32.0 Å². The molecule has 3 fully saturated rings. The molecule has 3 amide bonds. The van der Waals surface area contributed by atoms with E-state index in [4.69, 9.17) is 9.47 Å². The van der Waals surface area contributed by atoms with Crippen molar-refractivity contribution in [3.63, 3.8) is 0 Å². The minimum Gasteiger partial charge on any atom is -0.497 e. The Morgan fingerprint density at radius 1 is 1.10 bits per heavy atom. The summed E-state index contributed by atoms with van der Waals surface area (Å²) in [6, 6.07) is 10.9. The fourth-order valence-corrected chi connectivity index (χ4v) is 7.56. The van der Waals surface area contributed by atoms with E-state index in [2.05, 4.69) is 31.9 Å². The first kappa shape index (κ1) is 33.2. The summed E-state index contributed by atoms with van der Waals surface area (Å²) >= 11 is 0. The molecule has 3 aliphatic rings. The maximum Gasteiger partial charge on any atom is 0.259 e. The second-order valence-corrected chi connectivity index (χ2v) is 14.9. The van der Waals surface area contributed by atoms with Gasteiger partial charge in [-0.05, 0) is 67.0 Å². The van der Waals surface area contributed by atoms with Crippen molar-refractivity contribution in [3.05, 3.63) is 67.5 Å². The number of rotatable bonds is 13. The number of anilines is 1.